The quantitative estimate of drug-likeness (QED) is 0.695. The molecule has 0 saturated carbocycles. The van der Waals surface area contributed by atoms with Gasteiger partial charge in [0.1, 0.15) is 0 Å². The number of aromatic nitrogens is 2. The third kappa shape index (κ3) is 4.07. The second-order valence-electron chi connectivity index (χ2n) is 4.24. The Morgan fingerprint density at radius 2 is 1.58 bits per heavy atom. The molecule has 6 nitrogen and oxygen atoms in total. The van der Waals surface area contributed by atoms with Gasteiger partial charge in [-0.3, -0.25) is 13.9 Å². The first-order valence-electron chi connectivity index (χ1n) is 5.70. The minimum Gasteiger partial charge on any atom is -0.390 e. The van der Waals surface area contributed by atoms with Crippen LogP contribution in [0.4, 0.5) is 0 Å². The van der Waals surface area contributed by atoms with E-state index in [1.165, 1.54) is 10.6 Å². The largest absolute Gasteiger partial charge is 0.390 e. The second-order valence-corrected chi connectivity index (χ2v) is 4.86. The van der Waals surface area contributed by atoms with Gasteiger partial charge in [0.25, 0.3) is 5.56 Å². The van der Waals surface area contributed by atoms with Crippen LogP contribution in [0.2, 0.25) is 0 Å². The van der Waals surface area contributed by atoms with Gasteiger partial charge in [0.05, 0.1) is 37.1 Å². The van der Waals surface area contributed by atoms with E-state index in [0.717, 1.165) is 4.57 Å². The maximum atomic E-state index is 12.1. The van der Waals surface area contributed by atoms with Crippen LogP contribution in [0.1, 0.15) is 5.69 Å². The zero-order valence-electron chi connectivity index (χ0n) is 10.4. The van der Waals surface area contributed by atoms with Gasteiger partial charge in [-0.1, -0.05) is 0 Å². The molecule has 19 heavy (non-hydrogen) atoms. The molecule has 8 heteroatoms. The Balaban J connectivity index is 3.23. The number of aliphatic hydroxyl groups excluding tert-OH is 2. The van der Waals surface area contributed by atoms with Crippen molar-refractivity contribution in [2.45, 2.75) is 32.2 Å². The molecular weight excluding hydrogens is 295 g/mol. The number of aliphatic hydroxyl groups is 2. The molecule has 0 aliphatic heterocycles. The summed E-state index contributed by atoms with van der Waals surface area (Å²) in [5.41, 5.74) is -0.683. The molecule has 0 bridgehead atoms. The van der Waals surface area contributed by atoms with Crippen molar-refractivity contribution in [2.24, 2.45) is 0 Å². The molecule has 0 aliphatic carbocycles. The van der Waals surface area contributed by atoms with Crippen molar-refractivity contribution in [3.05, 3.63) is 32.6 Å². The summed E-state index contributed by atoms with van der Waals surface area (Å²) in [7, 11) is 0. The number of hydrogen-bond acceptors (Lipinski definition) is 4. The average molecular weight is 311 g/mol. The molecule has 1 rings (SSSR count). The number of aryl methyl sites for hydroxylation is 1. The van der Waals surface area contributed by atoms with E-state index in [1.807, 2.05) is 0 Å². The van der Waals surface area contributed by atoms with Crippen LogP contribution in [0, 0.1) is 6.92 Å². The van der Waals surface area contributed by atoms with Crippen molar-refractivity contribution in [1.29, 1.82) is 0 Å². The van der Waals surface area contributed by atoms with Crippen LogP contribution < -0.4 is 11.2 Å². The van der Waals surface area contributed by atoms with Crippen LogP contribution in [0.15, 0.2) is 15.7 Å². The van der Waals surface area contributed by atoms with Gasteiger partial charge in [-0.2, -0.15) is 0 Å². The van der Waals surface area contributed by atoms with Gasteiger partial charge in [0.15, 0.2) is 0 Å². The lowest BCUT2D eigenvalue weighted by Crippen LogP contribution is -2.44. The highest BCUT2D eigenvalue weighted by Crippen LogP contribution is 1.97. The van der Waals surface area contributed by atoms with Crippen LogP contribution in [0.25, 0.3) is 0 Å². The second kappa shape index (κ2) is 7.09. The van der Waals surface area contributed by atoms with Gasteiger partial charge >= 0.3 is 5.69 Å². The zero-order valence-corrected chi connectivity index (χ0v) is 11.9. The number of hydrogen-bond donors (Lipinski definition) is 2. The Hall–Kier alpha value is -0.820. The van der Waals surface area contributed by atoms with E-state index in [1.54, 1.807) is 6.92 Å². The van der Waals surface area contributed by atoms with Crippen LogP contribution in [-0.4, -0.2) is 43.3 Å². The fraction of sp³-hybridized carbons (Fsp3) is 0.636. The lowest BCUT2D eigenvalue weighted by atomic mass is 10.3. The molecule has 2 atom stereocenters. The van der Waals surface area contributed by atoms with Gasteiger partial charge in [-0.05, 0) is 6.92 Å². The Labute approximate surface area is 119 Å². The normalized spacial score (nSPS) is 14.4. The third-order valence-electron chi connectivity index (χ3n) is 2.63. The number of rotatable bonds is 6. The minimum absolute atomic E-state index is 0.00851. The molecule has 108 valence electrons. The highest BCUT2D eigenvalue weighted by atomic mass is 35.5. The van der Waals surface area contributed by atoms with Crippen molar-refractivity contribution < 1.29 is 10.2 Å². The van der Waals surface area contributed by atoms with Gasteiger partial charge in [0.2, 0.25) is 0 Å². The van der Waals surface area contributed by atoms with Crippen LogP contribution in [0.5, 0.6) is 0 Å². The predicted octanol–water partition coefficient (Wildman–Crippen LogP) is -0.482. The summed E-state index contributed by atoms with van der Waals surface area (Å²) >= 11 is 10.9. The molecular formula is C11H16Cl2N2O4. The van der Waals surface area contributed by atoms with E-state index in [0.29, 0.717) is 5.69 Å². The summed E-state index contributed by atoms with van der Waals surface area (Å²) in [6, 6.07) is 1.27. The van der Waals surface area contributed by atoms with E-state index in [2.05, 4.69) is 0 Å². The van der Waals surface area contributed by atoms with E-state index in [-0.39, 0.29) is 24.8 Å². The molecule has 2 N–H and O–H groups in total. The summed E-state index contributed by atoms with van der Waals surface area (Å²) < 4.78 is 2.14. The maximum Gasteiger partial charge on any atom is 0.331 e. The molecule has 0 spiro atoms. The molecule has 0 aliphatic rings. The average Bonchev–Trinajstić information content (AvgIpc) is 2.38. The van der Waals surface area contributed by atoms with Gasteiger partial charge in [-0.15, -0.1) is 23.2 Å². The van der Waals surface area contributed by atoms with Crippen LogP contribution in [0.3, 0.4) is 0 Å². The molecule has 0 fully saturated rings. The fourth-order valence-corrected chi connectivity index (χ4v) is 1.83. The van der Waals surface area contributed by atoms with Crippen molar-refractivity contribution in [3.8, 4) is 0 Å². The summed E-state index contributed by atoms with van der Waals surface area (Å²) in [6.45, 7) is 1.40. The lowest BCUT2D eigenvalue weighted by Gasteiger charge is -2.16. The molecule has 1 heterocycles. The van der Waals surface area contributed by atoms with Crippen LogP contribution in [-0.2, 0) is 13.1 Å². The van der Waals surface area contributed by atoms with Crippen LogP contribution >= 0.6 is 23.2 Å². The Kier molecular flexibility index (Phi) is 6.06. The summed E-state index contributed by atoms with van der Waals surface area (Å²) in [5.74, 6) is -0.0978. The molecule has 2 unspecified atom stereocenters. The van der Waals surface area contributed by atoms with E-state index >= 15 is 0 Å². The van der Waals surface area contributed by atoms with Crippen molar-refractivity contribution >= 4 is 23.2 Å². The first kappa shape index (κ1) is 16.2. The molecule has 0 amide bonds. The van der Waals surface area contributed by atoms with Gasteiger partial charge < -0.3 is 10.2 Å². The predicted molar refractivity (Wildman–Crippen MR) is 73.2 cm³/mol. The Morgan fingerprint density at radius 1 is 1.11 bits per heavy atom. The Morgan fingerprint density at radius 3 is 2.05 bits per heavy atom. The first-order valence-corrected chi connectivity index (χ1v) is 6.77. The fourth-order valence-electron chi connectivity index (χ4n) is 1.63. The first-order chi connectivity index (χ1) is 8.90. The summed E-state index contributed by atoms with van der Waals surface area (Å²) in [4.78, 5) is 23.9. The Bertz CT molecular complexity index is 540. The van der Waals surface area contributed by atoms with Gasteiger partial charge in [-0.25, -0.2) is 4.79 Å². The smallest absolute Gasteiger partial charge is 0.331 e. The molecule has 0 radical (unpaired) electrons. The van der Waals surface area contributed by atoms with E-state index in [9.17, 15) is 19.8 Å². The van der Waals surface area contributed by atoms with Gasteiger partial charge in [0, 0.05) is 11.8 Å². The highest BCUT2D eigenvalue weighted by molar-refractivity contribution is 6.18. The molecule has 0 saturated heterocycles. The molecule has 1 aromatic heterocycles. The zero-order chi connectivity index (χ0) is 14.6. The monoisotopic (exact) mass is 310 g/mol. The van der Waals surface area contributed by atoms with E-state index < -0.39 is 23.5 Å². The number of halogens is 2. The molecule has 0 aromatic carbocycles. The maximum absolute atomic E-state index is 12.1. The molecule has 1 aromatic rings. The van der Waals surface area contributed by atoms with Crippen molar-refractivity contribution in [2.75, 3.05) is 11.8 Å². The van der Waals surface area contributed by atoms with Crippen molar-refractivity contribution in [1.82, 2.24) is 9.13 Å². The summed E-state index contributed by atoms with van der Waals surface area (Å²) in [5, 5.41) is 18.9. The summed E-state index contributed by atoms with van der Waals surface area (Å²) in [6.07, 6.45) is -1.87. The third-order valence-corrected chi connectivity index (χ3v) is 3.34. The SMILES string of the molecule is Cc1cc(=O)n(CC(O)CCl)c(=O)n1CC(O)CCl. The van der Waals surface area contributed by atoms with E-state index in [4.69, 9.17) is 23.2 Å². The number of alkyl halides is 2. The lowest BCUT2D eigenvalue weighted by molar-refractivity contribution is 0.163. The highest BCUT2D eigenvalue weighted by Gasteiger charge is 2.14. The minimum atomic E-state index is -0.985. The van der Waals surface area contributed by atoms with Crippen molar-refractivity contribution in [3.63, 3.8) is 0 Å². The number of nitrogens with zero attached hydrogens (tertiary/aromatic N) is 2. The standard InChI is InChI=1S/C11H16Cl2N2O4/c1-7-2-10(18)15(6-9(17)4-13)11(19)14(7)5-8(16)3-12/h2,8-9,16-17H,3-6H2,1H3. The topological polar surface area (TPSA) is 84.5 Å².